The summed E-state index contributed by atoms with van der Waals surface area (Å²) in [5, 5.41) is 9.78. The van der Waals surface area contributed by atoms with Crippen LogP contribution in [0.4, 0.5) is 9.18 Å². The maximum atomic E-state index is 14.6. The smallest absolute Gasteiger partial charge is 0.410 e. The van der Waals surface area contributed by atoms with E-state index in [0.717, 1.165) is 5.56 Å². The van der Waals surface area contributed by atoms with Crippen LogP contribution in [0.3, 0.4) is 0 Å². The zero-order valence-corrected chi connectivity index (χ0v) is 13.2. The number of nitrogens with zero attached hydrogens (tertiary/aromatic N) is 1. The Morgan fingerprint density at radius 2 is 1.91 bits per heavy atom. The third kappa shape index (κ3) is 4.98. The fraction of sp³-hybridized carbons (Fsp3) is 0.588. The number of hydrogen-bond acceptors (Lipinski definition) is 3. The molecular weight excluding hydrogens is 285 g/mol. The average molecular weight is 309 g/mol. The monoisotopic (exact) mass is 309 g/mol. The minimum Gasteiger partial charge on any atom is -0.445 e. The lowest BCUT2D eigenvalue weighted by Crippen LogP contribution is -2.47. The van der Waals surface area contributed by atoms with Crippen molar-refractivity contribution in [2.75, 3.05) is 13.1 Å². The van der Waals surface area contributed by atoms with Gasteiger partial charge in [-0.25, -0.2) is 9.18 Å². The Morgan fingerprint density at radius 3 is 2.45 bits per heavy atom. The van der Waals surface area contributed by atoms with Crippen LogP contribution in [-0.2, 0) is 11.3 Å². The predicted octanol–water partition coefficient (Wildman–Crippen LogP) is 3.29. The molecule has 5 heteroatoms. The molecule has 1 amide bonds. The first-order valence-corrected chi connectivity index (χ1v) is 7.64. The van der Waals surface area contributed by atoms with Gasteiger partial charge in [0.1, 0.15) is 12.3 Å². The lowest BCUT2D eigenvalue weighted by molar-refractivity contribution is -0.0275. The fourth-order valence-electron chi connectivity index (χ4n) is 2.85. The molecule has 0 radical (unpaired) electrons. The molecule has 0 aromatic heterocycles. The second-order valence-electron chi connectivity index (χ2n) is 6.67. The third-order valence-corrected chi connectivity index (χ3v) is 3.87. The van der Waals surface area contributed by atoms with Crippen molar-refractivity contribution in [1.29, 1.82) is 0 Å². The van der Waals surface area contributed by atoms with E-state index in [4.69, 9.17) is 4.74 Å². The standard InChI is InChI=1S/C17H24FNO3/c1-16(2,21)13-17(18)8-10-19(11-9-17)15(20)22-12-14-6-4-3-5-7-14/h3-7,21H,8-13H2,1-2H3. The molecule has 1 aliphatic heterocycles. The second-order valence-corrected chi connectivity index (χ2v) is 6.67. The minimum absolute atomic E-state index is 0.0902. The van der Waals surface area contributed by atoms with E-state index in [1.165, 1.54) is 4.90 Å². The summed E-state index contributed by atoms with van der Waals surface area (Å²) in [5.74, 6) is 0. The van der Waals surface area contributed by atoms with E-state index in [9.17, 15) is 14.3 Å². The van der Waals surface area contributed by atoms with Crippen LogP contribution in [0.15, 0.2) is 30.3 Å². The molecule has 2 rings (SSSR count). The van der Waals surface area contributed by atoms with Gasteiger partial charge in [0, 0.05) is 19.5 Å². The largest absolute Gasteiger partial charge is 0.445 e. The summed E-state index contributed by atoms with van der Waals surface area (Å²) in [6, 6.07) is 9.45. The molecule has 1 fully saturated rings. The molecule has 1 aromatic carbocycles. The highest BCUT2D eigenvalue weighted by atomic mass is 19.1. The normalized spacial score (nSPS) is 18.1. The first-order chi connectivity index (χ1) is 10.3. The highest BCUT2D eigenvalue weighted by Crippen LogP contribution is 2.34. The number of aliphatic hydroxyl groups is 1. The van der Waals surface area contributed by atoms with Crippen molar-refractivity contribution in [3.05, 3.63) is 35.9 Å². The van der Waals surface area contributed by atoms with Crippen LogP contribution in [0.2, 0.25) is 0 Å². The minimum atomic E-state index is -1.41. The van der Waals surface area contributed by atoms with E-state index < -0.39 is 17.4 Å². The van der Waals surface area contributed by atoms with Crippen LogP contribution in [-0.4, -0.2) is 40.5 Å². The summed E-state index contributed by atoms with van der Waals surface area (Å²) < 4.78 is 19.9. The number of hydrogen-bond donors (Lipinski definition) is 1. The molecule has 0 saturated carbocycles. The first kappa shape index (κ1) is 16.7. The summed E-state index contributed by atoms with van der Waals surface area (Å²) >= 11 is 0. The molecule has 0 atom stereocenters. The highest BCUT2D eigenvalue weighted by molar-refractivity contribution is 5.67. The number of amides is 1. The van der Waals surface area contributed by atoms with Crippen molar-refractivity contribution < 1.29 is 19.0 Å². The van der Waals surface area contributed by atoms with E-state index in [1.54, 1.807) is 13.8 Å². The Morgan fingerprint density at radius 1 is 1.32 bits per heavy atom. The summed E-state index contributed by atoms with van der Waals surface area (Å²) in [6.07, 6.45) is 0.149. The molecule has 22 heavy (non-hydrogen) atoms. The maximum absolute atomic E-state index is 14.6. The van der Waals surface area contributed by atoms with Crippen molar-refractivity contribution in [3.63, 3.8) is 0 Å². The van der Waals surface area contributed by atoms with Crippen molar-refractivity contribution in [2.45, 2.75) is 51.0 Å². The number of halogens is 1. The van der Waals surface area contributed by atoms with E-state index in [0.29, 0.717) is 13.1 Å². The predicted molar refractivity (Wildman–Crippen MR) is 82.2 cm³/mol. The molecule has 0 bridgehead atoms. The summed E-state index contributed by atoms with van der Waals surface area (Å²) in [6.45, 7) is 4.07. The number of rotatable bonds is 4. The van der Waals surface area contributed by atoms with Gasteiger partial charge >= 0.3 is 6.09 Å². The van der Waals surface area contributed by atoms with Crippen molar-refractivity contribution >= 4 is 6.09 Å². The number of ether oxygens (including phenoxy) is 1. The van der Waals surface area contributed by atoms with Crippen LogP contribution < -0.4 is 0 Å². The molecule has 1 aromatic rings. The fourth-order valence-corrected chi connectivity index (χ4v) is 2.85. The van der Waals surface area contributed by atoms with E-state index >= 15 is 0 Å². The van der Waals surface area contributed by atoms with Gasteiger partial charge < -0.3 is 14.7 Å². The Bertz CT molecular complexity index is 490. The van der Waals surface area contributed by atoms with Gasteiger partial charge in [-0.05, 0) is 32.3 Å². The summed E-state index contributed by atoms with van der Waals surface area (Å²) in [5.41, 5.74) is -1.52. The van der Waals surface area contributed by atoms with Crippen molar-refractivity contribution in [1.82, 2.24) is 4.90 Å². The molecule has 122 valence electrons. The van der Waals surface area contributed by atoms with E-state index in [-0.39, 0.29) is 25.9 Å². The lowest BCUT2D eigenvalue weighted by Gasteiger charge is -2.38. The van der Waals surface area contributed by atoms with Gasteiger partial charge in [-0.1, -0.05) is 30.3 Å². The van der Waals surface area contributed by atoms with Gasteiger partial charge in [0.05, 0.1) is 5.60 Å². The first-order valence-electron chi connectivity index (χ1n) is 7.64. The molecular formula is C17H24FNO3. The number of likely N-dealkylation sites (tertiary alicyclic amines) is 1. The van der Waals surface area contributed by atoms with E-state index in [2.05, 4.69) is 0 Å². The SMILES string of the molecule is CC(C)(O)CC1(F)CCN(C(=O)OCc2ccccc2)CC1. The molecule has 0 aliphatic carbocycles. The highest BCUT2D eigenvalue weighted by Gasteiger charge is 2.40. The van der Waals surface area contributed by atoms with Crippen LogP contribution in [0.25, 0.3) is 0 Å². The van der Waals surface area contributed by atoms with Gasteiger partial charge in [-0.2, -0.15) is 0 Å². The molecule has 4 nitrogen and oxygen atoms in total. The van der Waals surface area contributed by atoms with Crippen molar-refractivity contribution in [3.8, 4) is 0 Å². The topological polar surface area (TPSA) is 49.8 Å². The molecule has 1 saturated heterocycles. The van der Waals surface area contributed by atoms with Gasteiger partial charge in [-0.15, -0.1) is 0 Å². The molecule has 1 heterocycles. The van der Waals surface area contributed by atoms with Crippen LogP contribution >= 0.6 is 0 Å². The van der Waals surface area contributed by atoms with Crippen molar-refractivity contribution in [2.24, 2.45) is 0 Å². The summed E-state index contributed by atoms with van der Waals surface area (Å²) in [7, 11) is 0. The van der Waals surface area contributed by atoms with Crippen LogP contribution in [0.5, 0.6) is 0 Å². The zero-order chi connectivity index (χ0) is 16.2. The number of carbonyl (C=O) groups is 1. The Balaban J connectivity index is 1.80. The zero-order valence-electron chi connectivity index (χ0n) is 13.2. The Hall–Kier alpha value is -1.62. The summed E-state index contributed by atoms with van der Waals surface area (Å²) in [4.78, 5) is 13.5. The Labute approximate surface area is 130 Å². The number of piperidine rings is 1. The van der Waals surface area contributed by atoms with Gasteiger partial charge in [0.15, 0.2) is 0 Å². The lowest BCUT2D eigenvalue weighted by atomic mass is 9.83. The molecule has 1 N–H and O–H groups in total. The maximum Gasteiger partial charge on any atom is 0.410 e. The number of benzene rings is 1. The number of carbonyl (C=O) groups excluding carboxylic acids is 1. The van der Waals surface area contributed by atoms with Gasteiger partial charge in [-0.3, -0.25) is 0 Å². The van der Waals surface area contributed by atoms with E-state index in [1.807, 2.05) is 30.3 Å². The third-order valence-electron chi connectivity index (χ3n) is 3.87. The quantitative estimate of drug-likeness (QED) is 0.928. The molecule has 0 unspecified atom stereocenters. The van der Waals surface area contributed by atoms with Gasteiger partial charge in [0.2, 0.25) is 0 Å². The average Bonchev–Trinajstić information content (AvgIpc) is 2.44. The number of alkyl halides is 1. The molecule has 1 aliphatic rings. The van der Waals surface area contributed by atoms with Gasteiger partial charge in [0.25, 0.3) is 0 Å². The molecule has 0 spiro atoms. The van der Waals surface area contributed by atoms with Crippen LogP contribution in [0, 0.1) is 0 Å². The second kappa shape index (κ2) is 6.65. The Kier molecular flexibility index (Phi) is 5.06. The van der Waals surface area contributed by atoms with Crippen LogP contribution in [0.1, 0.15) is 38.7 Å².